The normalized spacial score (nSPS) is 14.3. The van der Waals surface area contributed by atoms with Gasteiger partial charge in [-0.2, -0.15) is 0 Å². The van der Waals surface area contributed by atoms with Gasteiger partial charge in [0.2, 0.25) is 5.91 Å². The lowest BCUT2D eigenvalue weighted by molar-refractivity contribution is -0.870. The van der Waals surface area contributed by atoms with Crippen molar-refractivity contribution >= 4 is 13.7 Å². The van der Waals surface area contributed by atoms with Crippen molar-refractivity contribution in [3.63, 3.8) is 0 Å². The molecule has 0 rings (SSSR count). The summed E-state index contributed by atoms with van der Waals surface area (Å²) in [5.74, 6) is -0.180. The van der Waals surface area contributed by atoms with Crippen LogP contribution < -0.4 is 5.32 Å². The maximum atomic E-state index is 12.9. The maximum Gasteiger partial charge on any atom is 0.472 e. The summed E-state index contributed by atoms with van der Waals surface area (Å²) in [6.07, 6.45) is 57.9. The zero-order chi connectivity index (χ0) is 46.4. The number of quaternary nitrogens is 1. The van der Waals surface area contributed by atoms with Gasteiger partial charge in [-0.05, 0) is 51.4 Å². The average Bonchev–Trinajstić information content (AvgIpc) is 3.24. The summed E-state index contributed by atoms with van der Waals surface area (Å²) in [6.45, 7) is 4.81. The third-order valence-electron chi connectivity index (χ3n) is 12.1. The van der Waals surface area contributed by atoms with Crippen LogP contribution in [0.3, 0.4) is 0 Å². The molecule has 0 aromatic rings. The quantitative estimate of drug-likeness (QED) is 0.0243. The molecule has 8 nitrogen and oxygen atoms in total. The summed E-state index contributed by atoms with van der Waals surface area (Å²) in [7, 11) is 1.57. The van der Waals surface area contributed by atoms with E-state index in [2.05, 4.69) is 43.5 Å². The first-order chi connectivity index (χ1) is 30.5. The Morgan fingerprint density at radius 1 is 0.540 bits per heavy atom. The predicted molar refractivity (Wildman–Crippen MR) is 272 cm³/mol. The van der Waals surface area contributed by atoms with Gasteiger partial charge in [-0.3, -0.25) is 13.8 Å². The molecule has 372 valence electrons. The van der Waals surface area contributed by atoms with E-state index >= 15 is 0 Å². The molecular formula is C54H106N2O6P+. The Labute approximate surface area is 391 Å². The smallest absolute Gasteiger partial charge is 0.387 e. The molecule has 0 aromatic carbocycles. The van der Waals surface area contributed by atoms with E-state index < -0.39 is 20.0 Å². The summed E-state index contributed by atoms with van der Waals surface area (Å²) >= 11 is 0. The highest BCUT2D eigenvalue weighted by Crippen LogP contribution is 2.43. The first-order valence-corrected chi connectivity index (χ1v) is 28.4. The Balaban J connectivity index is 4.28. The molecule has 3 N–H and O–H groups in total. The van der Waals surface area contributed by atoms with E-state index in [1.165, 1.54) is 186 Å². The van der Waals surface area contributed by atoms with Crippen LogP contribution in [0.25, 0.3) is 0 Å². The Bertz CT molecular complexity index is 1120. The standard InChI is InChI=1S/C54H105N2O6P/c1-6-8-10-12-14-16-18-20-22-24-26-27-28-30-31-33-35-37-39-41-43-45-47-53(57)52(51-62-63(59,60)61-50-49-56(3,4)5)55-54(58)48-46-44-42-40-38-36-34-32-29-25-23-21-19-17-15-13-11-9-7-2/h15,17,21,23,45,47,52-53,57H,6-14,16,18-20,22,24-44,46,48-51H2,1-5H3,(H-,55,58,59,60)/p+1/b17-15-,23-21-,47-45+. The summed E-state index contributed by atoms with van der Waals surface area (Å²) in [5, 5.41) is 13.9. The van der Waals surface area contributed by atoms with Crippen molar-refractivity contribution in [3.05, 3.63) is 36.5 Å². The van der Waals surface area contributed by atoms with Crippen molar-refractivity contribution in [2.75, 3.05) is 40.9 Å². The Morgan fingerprint density at radius 2 is 0.905 bits per heavy atom. The van der Waals surface area contributed by atoms with E-state index in [0.29, 0.717) is 17.4 Å². The third-order valence-corrected chi connectivity index (χ3v) is 13.1. The van der Waals surface area contributed by atoms with Gasteiger partial charge in [0.25, 0.3) is 0 Å². The Hall–Kier alpha value is -1.28. The fourth-order valence-electron chi connectivity index (χ4n) is 7.84. The van der Waals surface area contributed by atoms with Crippen LogP contribution in [0.1, 0.15) is 251 Å². The van der Waals surface area contributed by atoms with Gasteiger partial charge in [0, 0.05) is 6.42 Å². The van der Waals surface area contributed by atoms with Gasteiger partial charge in [0.15, 0.2) is 0 Å². The SMILES string of the molecule is CCCCC/C=C\C/C=C\CCCCCCCCCCCC(=O)NC(COP(=O)(O)OCC[N+](C)(C)C)C(O)/C=C/CCCCCCCCCCCCCCCCCCCCCC. The fourth-order valence-corrected chi connectivity index (χ4v) is 8.57. The number of aliphatic hydroxyl groups is 1. The molecule has 0 radical (unpaired) electrons. The molecule has 0 heterocycles. The molecule has 0 aromatic heterocycles. The molecular weight excluding hydrogens is 804 g/mol. The minimum atomic E-state index is -4.34. The van der Waals surface area contributed by atoms with Gasteiger partial charge < -0.3 is 19.8 Å². The van der Waals surface area contributed by atoms with Gasteiger partial charge in [-0.15, -0.1) is 0 Å². The van der Waals surface area contributed by atoms with Crippen molar-refractivity contribution < 1.29 is 32.9 Å². The zero-order valence-corrected chi connectivity index (χ0v) is 43.2. The minimum absolute atomic E-state index is 0.0609. The number of carbonyl (C=O) groups is 1. The second-order valence-corrected chi connectivity index (χ2v) is 21.1. The molecule has 1 amide bonds. The zero-order valence-electron chi connectivity index (χ0n) is 42.3. The number of hydrogen-bond donors (Lipinski definition) is 3. The molecule has 63 heavy (non-hydrogen) atoms. The molecule has 0 saturated carbocycles. The van der Waals surface area contributed by atoms with Gasteiger partial charge in [0.05, 0.1) is 39.9 Å². The Kier molecular flexibility index (Phi) is 44.9. The van der Waals surface area contributed by atoms with Gasteiger partial charge in [-0.25, -0.2) is 4.57 Å². The number of carbonyl (C=O) groups excluding carboxylic acids is 1. The molecule has 0 saturated heterocycles. The highest BCUT2D eigenvalue weighted by atomic mass is 31.2. The number of unbranched alkanes of at least 4 members (excludes halogenated alkanes) is 32. The van der Waals surface area contributed by atoms with Crippen molar-refractivity contribution in [1.29, 1.82) is 0 Å². The summed E-state index contributed by atoms with van der Waals surface area (Å²) in [6, 6.07) is -0.848. The fraction of sp³-hybridized carbons (Fsp3) is 0.870. The number of nitrogens with one attached hydrogen (secondary N) is 1. The maximum absolute atomic E-state index is 12.9. The lowest BCUT2D eigenvalue weighted by atomic mass is 10.0. The van der Waals surface area contributed by atoms with Crippen LogP contribution in [0.2, 0.25) is 0 Å². The number of amides is 1. The average molecular weight is 910 g/mol. The summed E-state index contributed by atoms with van der Waals surface area (Å²) in [5.41, 5.74) is 0. The summed E-state index contributed by atoms with van der Waals surface area (Å²) in [4.78, 5) is 23.2. The van der Waals surface area contributed by atoms with E-state index in [4.69, 9.17) is 9.05 Å². The number of aliphatic hydroxyl groups excluding tert-OH is 1. The largest absolute Gasteiger partial charge is 0.472 e. The van der Waals surface area contributed by atoms with Gasteiger partial charge in [-0.1, -0.05) is 230 Å². The van der Waals surface area contributed by atoms with Crippen LogP contribution in [-0.2, 0) is 18.4 Å². The molecule has 9 heteroatoms. The molecule has 0 fully saturated rings. The van der Waals surface area contributed by atoms with Crippen LogP contribution in [-0.4, -0.2) is 73.4 Å². The van der Waals surface area contributed by atoms with E-state index in [1.807, 2.05) is 27.2 Å². The molecule has 0 spiro atoms. The van der Waals surface area contributed by atoms with Crippen molar-refractivity contribution in [2.24, 2.45) is 0 Å². The highest BCUT2D eigenvalue weighted by molar-refractivity contribution is 7.47. The van der Waals surface area contributed by atoms with Crippen molar-refractivity contribution in [3.8, 4) is 0 Å². The number of likely N-dealkylation sites (N-methyl/N-ethyl adjacent to an activating group) is 1. The monoisotopic (exact) mass is 910 g/mol. The molecule has 0 bridgehead atoms. The number of phosphoric ester groups is 1. The van der Waals surface area contributed by atoms with Gasteiger partial charge in [0.1, 0.15) is 13.2 Å². The lowest BCUT2D eigenvalue weighted by Crippen LogP contribution is -2.45. The second kappa shape index (κ2) is 45.9. The van der Waals surface area contributed by atoms with Crippen LogP contribution >= 0.6 is 7.82 Å². The second-order valence-electron chi connectivity index (χ2n) is 19.6. The van der Waals surface area contributed by atoms with Crippen molar-refractivity contribution in [2.45, 2.75) is 264 Å². The summed E-state index contributed by atoms with van der Waals surface area (Å²) < 4.78 is 23.7. The molecule has 0 aliphatic carbocycles. The Morgan fingerprint density at radius 3 is 1.33 bits per heavy atom. The molecule has 0 aliphatic rings. The van der Waals surface area contributed by atoms with Crippen molar-refractivity contribution in [1.82, 2.24) is 5.32 Å². The highest BCUT2D eigenvalue weighted by Gasteiger charge is 2.27. The third kappa shape index (κ3) is 48.5. The number of hydrogen-bond acceptors (Lipinski definition) is 5. The van der Waals surface area contributed by atoms with Crippen LogP contribution in [0.5, 0.6) is 0 Å². The molecule has 3 unspecified atom stereocenters. The lowest BCUT2D eigenvalue weighted by Gasteiger charge is -2.25. The van der Waals surface area contributed by atoms with E-state index in [0.717, 1.165) is 44.9 Å². The first-order valence-electron chi connectivity index (χ1n) is 26.9. The number of nitrogens with zero attached hydrogens (tertiary/aromatic N) is 1. The van der Waals surface area contributed by atoms with Gasteiger partial charge >= 0.3 is 7.82 Å². The minimum Gasteiger partial charge on any atom is -0.387 e. The number of allylic oxidation sites excluding steroid dienone is 5. The van der Waals surface area contributed by atoms with Crippen LogP contribution in [0.15, 0.2) is 36.5 Å². The van der Waals surface area contributed by atoms with Crippen LogP contribution in [0, 0.1) is 0 Å². The van der Waals surface area contributed by atoms with E-state index in [9.17, 15) is 19.4 Å². The first kappa shape index (κ1) is 61.7. The molecule has 0 aliphatic heterocycles. The van der Waals surface area contributed by atoms with E-state index in [-0.39, 0.29) is 19.1 Å². The van der Waals surface area contributed by atoms with Crippen LogP contribution in [0.4, 0.5) is 0 Å². The topological polar surface area (TPSA) is 105 Å². The van der Waals surface area contributed by atoms with E-state index in [1.54, 1.807) is 6.08 Å². The number of phosphoric acid groups is 1. The predicted octanol–water partition coefficient (Wildman–Crippen LogP) is 15.8. The number of rotatable bonds is 49. The molecule has 3 atom stereocenters.